The molecule has 0 aliphatic rings. The van der Waals surface area contributed by atoms with Crippen molar-refractivity contribution in [3.63, 3.8) is 0 Å². The molecule has 12 heteroatoms. The molecule has 0 spiro atoms. The molecule has 0 aliphatic carbocycles. The number of anilines is 2. The number of carbonyl (C=O) groups is 1. The molecule has 182 valence electrons. The van der Waals surface area contributed by atoms with E-state index in [0.29, 0.717) is 16.6 Å². The van der Waals surface area contributed by atoms with Gasteiger partial charge in [-0.05, 0) is 55.0 Å². The minimum atomic E-state index is -4.14. The smallest absolute Gasteiger partial charge is 0.264 e. The van der Waals surface area contributed by atoms with Crippen LogP contribution in [0.3, 0.4) is 0 Å². The second kappa shape index (κ2) is 11.1. The first-order valence-corrected chi connectivity index (χ1v) is 13.5. The van der Waals surface area contributed by atoms with Gasteiger partial charge in [-0.25, -0.2) is 8.42 Å². The molecule has 0 saturated carbocycles. The number of nitrogens with zero attached hydrogens (tertiary/aromatic N) is 3. The molecular formula is C22H26N4O5S3. The van der Waals surface area contributed by atoms with E-state index >= 15 is 0 Å². The fraction of sp³-hybridized carbons (Fsp3) is 0.318. The Labute approximate surface area is 207 Å². The lowest BCUT2D eigenvalue weighted by molar-refractivity contribution is -0.114. The molecule has 0 atom stereocenters. The SMILES string of the molecule is CCSc1nnc(NC(=O)CN(c2cc(C)cc(C)c2)S(=O)(=O)c2ccc(OC)c(OC)c2)s1. The Bertz CT molecular complexity index is 1260. The van der Waals surface area contributed by atoms with E-state index in [4.69, 9.17) is 9.47 Å². The number of amides is 1. The van der Waals surface area contributed by atoms with E-state index in [1.54, 1.807) is 12.1 Å². The second-order valence-electron chi connectivity index (χ2n) is 7.23. The number of methoxy groups -OCH3 is 2. The van der Waals surface area contributed by atoms with Crippen LogP contribution in [0.1, 0.15) is 18.1 Å². The van der Waals surface area contributed by atoms with Crippen LogP contribution in [0.2, 0.25) is 0 Å². The Hall–Kier alpha value is -2.83. The molecule has 0 bridgehead atoms. The first kappa shape index (κ1) is 25.8. The summed E-state index contributed by atoms with van der Waals surface area (Å²) < 4.78 is 39.7. The van der Waals surface area contributed by atoms with E-state index in [9.17, 15) is 13.2 Å². The third-order valence-corrected chi connectivity index (χ3v) is 8.27. The number of hydrogen-bond donors (Lipinski definition) is 1. The lowest BCUT2D eigenvalue weighted by Crippen LogP contribution is -2.38. The molecule has 1 aromatic heterocycles. The highest BCUT2D eigenvalue weighted by molar-refractivity contribution is 8.01. The Balaban J connectivity index is 1.98. The van der Waals surface area contributed by atoms with Gasteiger partial charge in [0, 0.05) is 6.07 Å². The summed E-state index contributed by atoms with van der Waals surface area (Å²) >= 11 is 2.75. The fourth-order valence-electron chi connectivity index (χ4n) is 3.25. The zero-order valence-corrected chi connectivity index (χ0v) is 21.9. The van der Waals surface area contributed by atoms with Crippen molar-refractivity contribution in [2.24, 2.45) is 0 Å². The van der Waals surface area contributed by atoms with Gasteiger partial charge < -0.3 is 9.47 Å². The minimum Gasteiger partial charge on any atom is -0.493 e. The maximum absolute atomic E-state index is 13.7. The topological polar surface area (TPSA) is 111 Å². The lowest BCUT2D eigenvalue weighted by atomic mass is 10.1. The van der Waals surface area contributed by atoms with Crippen molar-refractivity contribution in [2.75, 3.05) is 36.1 Å². The van der Waals surface area contributed by atoms with Crippen LogP contribution >= 0.6 is 23.1 Å². The van der Waals surface area contributed by atoms with E-state index in [2.05, 4.69) is 15.5 Å². The molecule has 1 N–H and O–H groups in total. The standard InChI is InChI=1S/C22H26N4O5S3/c1-6-32-22-25-24-21(33-22)23-20(27)13-26(16-10-14(2)9-15(3)11-16)34(28,29)17-7-8-18(30-4)19(12-17)31-5/h7-12H,6,13H2,1-5H3,(H,23,24,27). The highest BCUT2D eigenvalue weighted by Gasteiger charge is 2.29. The van der Waals surface area contributed by atoms with Gasteiger partial charge in [-0.1, -0.05) is 36.1 Å². The van der Waals surface area contributed by atoms with Gasteiger partial charge in [0.15, 0.2) is 15.8 Å². The predicted molar refractivity (Wildman–Crippen MR) is 135 cm³/mol. The molecule has 9 nitrogen and oxygen atoms in total. The third-order valence-electron chi connectivity index (χ3n) is 4.65. The maximum Gasteiger partial charge on any atom is 0.264 e. The fourth-order valence-corrected chi connectivity index (χ4v) is 6.33. The Morgan fingerprint density at radius 2 is 1.74 bits per heavy atom. The van der Waals surface area contributed by atoms with Crippen molar-refractivity contribution < 1.29 is 22.7 Å². The van der Waals surface area contributed by atoms with Gasteiger partial charge in [0.2, 0.25) is 11.0 Å². The van der Waals surface area contributed by atoms with Crippen molar-refractivity contribution in [1.82, 2.24) is 10.2 Å². The van der Waals surface area contributed by atoms with Gasteiger partial charge in [0.25, 0.3) is 10.0 Å². The summed E-state index contributed by atoms with van der Waals surface area (Å²) in [6.07, 6.45) is 0. The van der Waals surface area contributed by atoms with Crippen molar-refractivity contribution in [3.8, 4) is 11.5 Å². The summed E-state index contributed by atoms with van der Waals surface area (Å²) in [6, 6.07) is 9.68. The monoisotopic (exact) mass is 522 g/mol. The number of benzene rings is 2. The van der Waals surface area contributed by atoms with E-state index in [0.717, 1.165) is 25.5 Å². The summed E-state index contributed by atoms with van der Waals surface area (Å²) in [5.74, 6) is 0.955. The van der Waals surface area contributed by atoms with Crippen LogP contribution in [0.5, 0.6) is 11.5 Å². The Kier molecular flexibility index (Phi) is 8.39. The van der Waals surface area contributed by atoms with Crippen LogP contribution in [0.4, 0.5) is 10.8 Å². The molecule has 34 heavy (non-hydrogen) atoms. The largest absolute Gasteiger partial charge is 0.493 e. The van der Waals surface area contributed by atoms with Crippen molar-refractivity contribution in [1.29, 1.82) is 0 Å². The third kappa shape index (κ3) is 5.99. The van der Waals surface area contributed by atoms with Crippen LogP contribution in [-0.2, 0) is 14.8 Å². The van der Waals surface area contributed by atoms with E-state index in [-0.39, 0.29) is 10.6 Å². The zero-order valence-electron chi connectivity index (χ0n) is 19.5. The number of aryl methyl sites for hydroxylation is 2. The van der Waals surface area contributed by atoms with Crippen LogP contribution < -0.4 is 19.1 Å². The molecular weight excluding hydrogens is 496 g/mol. The van der Waals surface area contributed by atoms with Gasteiger partial charge in [-0.15, -0.1) is 10.2 Å². The normalized spacial score (nSPS) is 11.2. The average molecular weight is 523 g/mol. The highest BCUT2D eigenvalue weighted by atomic mass is 32.2. The first-order chi connectivity index (χ1) is 16.2. The number of thioether (sulfide) groups is 1. The lowest BCUT2D eigenvalue weighted by Gasteiger charge is -2.25. The number of nitrogens with one attached hydrogen (secondary N) is 1. The quantitative estimate of drug-likeness (QED) is 0.313. The van der Waals surface area contributed by atoms with Gasteiger partial charge in [0.1, 0.15) is 6.54 Å². The zero-order chi connectivity index (χ0) is 24.9. The maximum atomic E-state index is 13.7. The van der Waals surface area contributed by atoms with Crippen molar-refractivity contribution >= 4 is 49.8 Å². The molecule has 0 fully saturated rings. The summed E-state index contributed by atoms with van der Waals surface area (Å²) in [5, 5.41) is 10.9. The Morgan fingerprint density at radius 1 is 1.06 bits per heavy atom. The molecule has 1 amide bonds. The number of carbonyl (C=O) groups excluding carboxylic acids is 1. The number of aromatic nitrogens is 2. The van der Waals surface area contributed by atoms with E-state index in [1.807, 2.05) is 26.8 Å². The molecule has 1 heterocycles. The van der Waals surface area contributed by atoms with Crippen molar-refractivity contribution in [3.05, 3.63) is 47.5 Å². The van der Waals surface area contributed by atoms with Gasteiger partial charge in [-0.2, -0.15) is 0 Å². The molecule has 0 radical (unpaired) electrons. The van der Waals surface area contributed by atoms with E-state index < -0.39 is 22.5 Å². The van der Waals surface area contributed by atoms with Crippen LogP contribution in [-0.4, -0.2) is 51.0 Å². The van der Waals surface area contributed by atoms with Crippen molar-refractivity contribution in [2.45, 2.75) is 30.0 Å². The number of sulfonamides is 1. The summed E-state index contributed by atoms with van der Waals surface area (Å²) in [5.41, 5.74) is 2.11. The number of hydrogen-bond acceptors (Lipinski definition) is 9. The Morgan fingerprint density at radius 3 is 2.35 bits per heavy atom. The summed E-state index contributed by atoms with van der Waals surface area (Å²) in [7, 11) is -1.24. The molecule has 3 rings (SSSR count). The van der Waals surface area contributed by atoms with E-state index in [1.165, 1.54) is 55.5 Å². The molecule has 3 aromatic rings. The number of ether oxygens (including phenoxy) is 2. The number of rotatable bonds is 10. The summed E-state index contributed by atoms with van der Waals surface area (Å²) in [4.78, 5) is 12.9. The average Bonchev–Trinajstić information content (AvgIpc) is 3.23. The molecule has 2 aromatic carbocycles. The van der Waals surface area contributed by atoms with Crippen LogP contribution in [0.15, 0.2) is 45.6 Å². The van der Waals surface area contributed by atoms with Gasteiger partial charge in [0.05, 0.1) is 24.8 Å². The second-order valence-corrected chi connectivity index (χ2v) is 11.6. The minimum absolute atomic E-state index is 0.0327. The van der Waals surface area contributed by atoms with Gasteiger partial charge in [-0.3, -0.25) is 14.4 Å². The molecule has 0 saturated heterocycles. The van der Waals surface area contributed by atoms with Gasteiger partial charge >= 0.3 is 0 Å². The molecule has 0 unspecified atom stereocenters. The first-order valence-electron chi connectivity index (χ1n) is 10.3. The predicted octanol–water partition coefficient (Wildman–Crippen LogP) is 4.12. The summed E-state index contributed by atoms with van der Waals surface area (Å²) in [6.45, 7) is 5.28. The highest BCUT2D eigenvalue weighted by Crippen LogP contribution is 2.33. The van der Waals surface area contributed by atoms with Crippen LogP contribution in [0, 0.1) is 13.8 Å². The van der Waals surface area contributed by atoms with Crippen LogP contribution in [0.25, 0.3) is 0 Å². The molecule has 0 aliphatic heterocycles.